The fourth-order valence-electron chi connectivity index (χ4n) is 6.66. The number of rotatable bonds is 4. The van der Waals surface area contributed by atoms with Crippen molar-refractivity contribution in [2.75, 3.05) is 0 Å². The Morgan fingerprint density at radius 1 is 0.569 bits per heavy atom. The second kappa shape index (κ2) is 13.2. The molecule has 0 atom stereocenters. The van der Waals surface area contributed by atoms with Crippen LogP contribution in [0.25, 0.3) is 61.3 Å². The summed E-state index contributed by atoms with van der Waals surface area (Å²) in [5.41, 5.74) is 12.1. The van der Waals surface area contributed by atoms with Crippen molar-refractivity contribution in [3.05, 3.63) is 132 Å². The van der Waals surface area contributed by atoms with E-state index in [1.165, 1.54) is 16.7 Å². The van der Waals surface area contributed by atoms with Gasteiger partial charge in [0.15, 0.2) is 0 Å². The third-order valence-electron chi connectivity index (χ3n) is 9.71. The van der Waals surface area contributed by atoms with Crippen molar-refractivity contribution in [1.82, 2.24) is 14.5 Å². The normalized spacial score (nSPS) is 12.3. The summed E-state index contributed by atoms with van der Waals surface area (Å²) in [5, 5.41) is 12.2. The molecular formula is C46H46N3OPt-. The van der Waals surface area contributed by atoms with Gasteiger partial charge in [0.2, 0.25) is 0 Å². The molecule has 7 rings (SSSR count). The van der Waals surface area contributed by atoms with Crippen LogP contribution in [0.3, 0.4) is 0 Å². The summed E-state index contributed by atoms with van der Waals surface area (Å²) >= 11 is 0. The molecule has 51 heavy (non-hydrogen) atoms. The number of para-hydroxylation sites is 2. The maximum atomic E-state index is 11.1. The van der Waals surface area contributed by atoms with Crippen molar-refractivity contribution in [2.45, 2.75) is 78.6 Å². The van der Waals surface area contributed by atoms with Gasteiger partial charge in [-0.3, -0.25) is 9.55 Å². The Kier molecular flexibility index (Phi) is 9.40. The number of benzene rings is 5. The topological polar surface area (TPSA) is 50.9 Å². The molecule has 0 unspecified atom stereocenters. The molecule has 0 saturated heterocycles. The molecule has 4 nitrogen and oxygen atoms in total. The van der Waals surface area contributed by atoms with Crippen molar-refractivity contribution in [3.8, 4) is 45.1 Å². The van der Waals surface area contributed by atoms with Gasteiger partial charge in [0.25, 0.3) is 0 Å². The maximum absolute atomic E-state index is 11.1. The standard InChI is InChI=1S/C46H46N3O.Pt/c1-44(2,3)32-19-21-35(22-20-32)49-39-17-12-16-36(42(39)48-43(49)37-15-10-11-18-40(37)50)30-24-31(27-33(26-30)45(4,5)6)38-28-34(46(7,8)9)25-29-14-13-23-47-41(29)38;/h10-23,25-28,50H,1-9H3;/q-1;. The number of hydrogen-bond acceptors (Lipinski definition) is 3. The zero-order valence-corrected chi connectivity index (χ0v) is 33.3. The van der Waals surface area contributed by atoms with E-state index in [-0.39, 0.29) is 43.1 Å². The molecule has 2 aromatic heterocycles. The van der Waals surface area contributed by atoms with Crippen LogP contribution >= 0.6 is 0 Å². The number of aromatic nitrogens is 3. The first-order chi connectivity index (χ1) is 23.6. The zero-order chi connectivity index (χ0) is 35.6. The van der Waals surface area contributed by atoms with Crippen LogP contribution in [0, 0.1) is 6.07 Å². The molecule has 0 aliphatic rings. The minimum absolute atomic E-state index is 0. The SMILES string of the molecule is CC(C)(C)c1ccc(-n2c(-c3ccccc3O)nc3c(-c4[c-]c(-c5cc(C(C)(C)C)cc6cccnc56)cc(C(C)(C)C)c4)cccc32)cc1.[Pt]. The van der Waals surface area contributed by atoms with E-state index < -0.39 is 0 Å². The smallest absolute Gasteiger partial charge is 0.148 e. The molecule has 0 aliphatic carbocycles. The van der Waals surface area contributed by atoms with E-state index in [4.69, 9.17) is 9.97 Å². The molecule has 0 aliphatic heterocycles. The fraction of sp³-hybridized carbons (Fsp3) is 0.261. The van der Waals surface area contributed by atoms with Gasteiger partial charge in [-0.15, -0.1) is 34.9 Å². The van der Waals surface area contributed by atoms with Gasteiger partial charge in [0, 0.05) is 38.5 Å². The summed E-state index contributed by atoms with van der Waals surface area (Å²) in [6, 6.07) is 39.6. The number of imidazole rings is 1. The Bertz CT molecular complexity index is 2380. The summed E-state index contributed by atoms with van der Waals surface area (Å²) < 4.78 is 2.17. The van der Waals surface area contributed by atoms with E-state index in [1.807, 2.05) is 30.5 Å². The van der Waals surface area contributed by atoms with Crippen LogP contribution in [0.4, 0.5) is 0 Å². The number of hydrogen-bond donors (Lipinski definition) is 1. The minimum Gasteiger partial charge on any atom is -0.507 e. The minimum atomic E-state index is -0.119. The molecule has 5 heteroatoms. The third kappa shape index (κ3) is 6.91. The van der Waals surface area contributed by atoms with Gasteiger partial charge in [-0.1, -0.05) is 128 Å². The van der Waals surface area contributed by atoms with Crippen molar-refractivity contribution in [2.24, 2.45) is 0 Å². The number of phenolic OH excluding ortho intramolecular Hbond substituents is 1. The van der Waals surface area contributed by atoms with E-state index >= 15 is 0 Å². The van der Waals surface area contributed by atoms with Gasteiger partial charge in [-0.05, 0) is 69.2 Å². The Hall–Kier alpha value is -4.53. The first-order valence-electron chi connectivity index (χ1n) is 17.5. The largest absolute Gasteiger partial charge is 0.507 e. The molecule has 0 radical (unpaired) electrons. The summed E-state index contributed by atoms with van der Waals surface area (Å²) in [6.45, 7) is 20.2. The predicted molar refractivity (Wildman–Crippen MR) is 209 cm³/mol. The third-order valence-corrected chi connectivity index (χ3v) is 9.71. The van der Waals surface area contributed by atoms with Crippen LogP contribution in [0.15, 0.2) is 109 Å². The van der Waals surface area contributed by atoms with Gasteiger partial charge >= 0.3 is 0 Å². The second-order valence-electron chi connectivity index (χ2n) is 16.6. The molecule has 0 spiro atoms. The molecule has 0 saturated carbocycles. The average Bonchev–Trinajstić information content (AvgIpc) is 3.46. The van der Waals surface area contributed by atoms with E-state index in [9.17, 15) is 5.11 Å². The van der Waals surface area contributed by atoms with Crippen molar-refractivity contribution in [3.63, 3.8) is 0 Å². The van der Waals surface area contributed by atoms with Gasteiger partial charge < -0.3 is 5.11 Å². The predicted octanol–water partition coefficient (Wildman–Crippen LogP) is 12.0. The summed E-state index contributed by atoms with van der Waals surface area (Å²) in [6.07, 6.45) is 1.87. The monoisotopic (exact) mass is 851 g/mol. The maximum Gasteiger partial charge on any atom is 0.148 e. The van der Waals surface area contributed by atoms with E-state index in [0.29, 0.717) is 11.4 Å². The summed E-state index contributed by atoms with van der Waals surface area (Å²) in [4.78, 5) is 10.2. The quantitative estimate of drug-likeness (QED) is 0.180. The van der Waals surface area contributed by atoms with Crippen molar-refractivity contribution < 1.29 is 26.2 Å². The van der Waals surface area contributed by atoms with Crippen LogP contribution < -0.4 is 0 Å². The Morgan fingerprint density at radius 3 is 1.82 bits per heavy atom. The van der Waals surface area contributed by atoms with Crippen LogP contribution in [-0.4, -0.2) is 19.6 Å². The van der Waals surface area contributed by atoms with Crippen LogP contribution in [0.5, 0.6) is 5.75 Å². The second-order valence-corrected chi connectivity index (χ2v) is 16.6. The molecule has 1 N–H and O–H groups in total. The Labute approximate surface area is 316 Å². The number of pyridine rings is 1. The van der Waals surface area contributed by atoms with E-state index in [0.717, 1.165) is 49.9 Å². The number of aromatic hydroxyl groups is 1. The molecule has 7 aromatic rings. The first-order valence-corrected chi connectivity index (χ1v) is 17.5. The number of phenols is 1. The molecular weight excluding hydrogens is 806 g/mol. The van der Waals surface area contributed by atoms with Crippen LogP contribution in [-0.2, 0) is 37.3 Å². The summed E-state index contributed by atoms with van der Waals surface area (Å²) in [5.74, 6) is 0.882. The molecule has 0 amide bonds. The number of fused-ring (bicyclic) bond motifs is 2. The van der Waals surface area contributed by atoms with E-state index in [2.05, 4.69) is 146 Å². The van der Waals surface area contributed by atoms with Gasteiger partial charge in [0.05, 0.1) is 16.6 Å². The van der Waals surface area contributed by atoms with Gasteiger partial charge in [-0.25, -0.2) is 4.98 Å². The molecule has 2 heterocycles. The fourth-order valence-corrected chi connectivity index (χ4v) is 6.66. The Balaban J connectivity index is 0.00000448. The molecule has 262 valence electrons. The first kappa shape index (κ1) is 36.3. The van der Waals surface area contributed by atoms with Gasteiger partial charge in [0.1, 0.15) is 11.6 Å². The number of nitrogens with zero attached hydrogens (tertiary/aromatic N) is 3. The zero-order valence-electron chi connectivity index (χ0n) is 31.0. The van der Waals surface area contributed by atoms with Crippen molar-refractivity contribution in [1.29, 1.82) is 0 Å². The average molecular weight is 852 g/mol. The molecule has 0 fully saturated rings. The molecule has 5 aromatic carbocycles. The van der Waals surface area contributed by atoms with Gasteiger partial charge in [-0.2, -0.15) is 0 Å². The summed E-state index contributed by atoms with van der Waals surface area (Å²) in [7, 11) is 0. The van der Waals surface area contributed by atoms with E-state index in [1.54, 1.807) is 6.07 Å². The molecule has 0 bridgehead atoms. The van der Waals surface area contributed by atoms with Crippen molar-refractivity contribution >= 4 is 21.9 Å². The Morgan fingerprint density at radius 2 is 1.18 bits per heavy atom. The van der Waals surface area contributed by atoms with Crippen LogP contribution in [0.1, 0.15) is 79.0 Å². The van der Waals surface area contributed by atoms with Crippen LogP contribution in [0.2, 0.25) is 0 Å².